The van der Waals surface area contributed by atoms with Crippen molar-refractivity contribution in [2.45, 2.75) is 0 Å². The smallest absolute Gasteiger partial charge is 0.251 e. The van der Waals surface area contributed by atoms with Gasteiger partial charge in [-0.3, -0.25) is 0 Å². The maximum absolute atomic E-state index is 13.2. The Hall–Kier alpha value is -2.11. The van der Waals surface area contributed by atoms with E-state index in [1.54, 1.807) is 0 Å². The van der Waals surface area contributed by atoms with Gasteiger partial charge in [-0.15, -0.1) is 0 Å². The molecule has 0 aliphatic carbocycles. The fraction of sp³-hybridized carbons (Fsp3) is 0. The lowest BCUT2D eigenvalue weighted by molar-refractivity contribution is 0.467. The van der Waals surface area contributed by atoms with Gasteiger partial charge < -0.3 is 5.32 Å². The molecular formula is C11H6F4N2. The van der Waals surface area contributed by atoms with E-state index in [4.69, 9.17) is 0 Å². The van der Waals surface area contributed by atoms with Gasteiger partial charge in [0.05, 0.1) is 0 Å². The van der Waals surface area contributed by atoms with Crippen molar-refractivity contribution in [3.63, 3.8) is 0 Å². The van der Waals surface area contributed by atoms with Gasteiger partial charge in [0, 0.05) is 11.8 Å². The molecule has 6 heteroatoms. The van der Waals surface area contributed by atoms with Crippen LogP contribution in [0.3, 0.4) is 0 Å². The number of aromatic nitrogens is 1. The Balaban J connectivity index is 2.33. The van der Waals surface area contributed by atoms with E-state index >= 15 is 0 Å². The normalized spacial score (nSPS) is 10.4. The van der Waals surface area contributed by atoms with E-state index in [1.165, 1.54) is 18.2 Å². The molecule has 1 aromatic heterocycles. The first kappa shape index (κ1) is 11.4. The van der Waals surface area contributed by atoms with Crippen molar-refractivity contribution < 1.29 is 17.6 Å². The molecular weight excluding hydrogens is 236 g/mol. The van der Waals surface area contributed by atoms with Gasteiger partial charge in [-0.25, -0.2) is 13.2 Å². The van der Waals surface area contributed by atoms with Crippen LogP contribution in [0.15, 0.2) is 30.3 Å². The van der Waals surface area contributed by atoms with E-state index in [-0.39, 0.29) is 5.69 Å². The Kier molecular flexibility index (Phi) is 2.95. The van der Waals surface area contributed by atoms with E-state index in [0.717, 1.165) is 6.07 Å². The standard InChI is InChI=1S/C11H6F4N2/c12-6-2-1-3-7(4-6)16-11-9(14)5-8(13)10(15)17-11/h1-5H,(H,16,17). The van der Waals surface area contributed by atoms with Crippen LogP contribution in [0.2, 0.25) is 0 Å². The highest BCUT2D eigenvalue weighted by Crippen LogP contribution is 2.19. The lowest BCUT2D eigenvalue weighted by atomic mass is 10.3. The lowest BCUT2D eigenvalue weighted by Gasteiger charge is -2.06. The zero-order chi connectivity index (χ0) is 12.4. The molecule has 88 valence electrons. The Morgan fingerprint density at radius 3 is 2.41 bits per heavy atom. The minimum atomic E-state index is -1.43. The number of nitrogens with one attached hydrogen (secondary N) is 1. The molecule has 2 aromatic rings. The van der Waals surface area contributed by atoms with Crippen LogP contribution < -0.4 is 5.32 Å². The van der Waals surface area contributed by atoms with E-state index in [9.17, 15) is 17.6 Å². The van der Waals surface area contributed by atoms with Gasteiger partial charge in [0.2, 0.25) is 0 Å². The van der Waals surface area contributed by atoms with Gasteiger partial charge in [-0.1, -0.05) is 6.07 Å². The molecule has 0 aliphatic rings. The third-order valence-corrected chi connectivity index (χ3v) is 1.97. The van der Waals surface area contributed by atoms with Gasteiger partial charge >= 0.3 is 0 Å². The van der Waals surface area contributed by atoms with E-state index in [0.29, 0.717) is 6.07 Å². The van der Waals surface area contributed by atoms with Gasteiger partial charge in [0.15, 0.2) is 17.5 Å². The number of hydrogen-bond acceptors (Lipinski definition) is 2. The van der Waals surface area contributed by atoms with Gasteiger partial charge in [0.25, 0.3) is 5.95 Å². The monoisotopic (exact) mass is 242 g/mol. The molecule has 0 saturated carbocycles. The molecule has 1 aromatic carbocycles. The molecule has 2 nitrogen and oxygen atoms in total. The number of halogens is 4. The topological polar surface area (TPSA) is 24.9 Å². The Morgan fingerprint density at radius 2 is 1.71 bits per heavy atom. The van der Waals surface area contributed by atoms with Crippen LogP contribution in [-0.2, 0) is 0 Å². The van der Waals surface area contributed by atoms with Crippen molar-refractivity contribution in [2.24, 2.45) is 0 Å². The number of rotatable bonds is 2. The van der Waals surface area contributed by atoms with Gasteiger partial charge in [0.1, 0.15) is 5.82 Å². The van der Waals surface area contributed by atoms with Crippen LogP contribution in [0.5, 0.6) is 0 Å². The van der Waals surface area contributed by atoms with Crippen molar-refractivity contribution in [3.8, 4) is 0 Å². The molecule has 0 saturated heterocycles. The predicted octanol–water partition coefficient (Wildman–Crippen LogP) is 3.38. The lowest BCUT2D eigenvalue weighted by Crippen LogP contribution is -2.01. The molecule has 0 unspecified atom stereocenters. The van der Waals surface area contributed by atoms with Gasteiger partial charge in [-0.2, -0.15) is 9.37 Å². The zero-order valence-corrected chi connectivity index (χ0v) is 8.35. The zero-order valence-electron chi connectivity index (χ0n) is 8.35. The third-order valence-electron chi connectivity index (χ3n) is 1.97. The third kappa shape index (κ3) is 2.52. The van der Waals surface area contributed by atoms with Crippen LogP contribution in [-0.4, -0.2) is 4.98 Å². The van der Waals surface area contributed by atoms with Crippen LogP contribution in [0.1, 0.15) is 0 Å². The largest absolute Gasteiger partial charge is 0.338 e. The Labute approximate surface area is 93.9 Å². The minimum absolute atomic E-state index is 0.183. The number of benzene rings is 1. The predicted molar refractivity (Wildman–Crippen MR) is 53.8 cm³/mol. The maximum Gasteiger partial charge on any atom is 0.251 e. The first-order chi connectivity index (χ1) is 8.06. The molecule has 0 spiro atoms. The summed E-state index contributed by atoms with van der Waals surface area (Å²) in [6.45, 7) is 0. The van der Waals surface area contributed by atoms with E-state index in [2.05, 4.69) is 10.3 Å². The molecule has 0 amide bonds. The average molecular weight is 242 g/mol. The molecule has 0 atom stereocenters. The SMILES string of the molecule is Fc1cccc(Nc2nc(F)c(F)cc2F)c1. The van der Waals surface area contributed by atoms with Crippen molar-refractivity contribution >= 4 is 11.5 Å². The van der Waals surface area contributed by atoms with E-state index in [1.807, 2.05) is 0 Å². The number of hydrogen-bond donors (Lipinski definition) is 1. The molecule has 0 radical (unpaired) electrons. The van der Waals surface area contributed by atoms with E-state index < -0.39 is 29.2 Å². The quantitative estimate of drug-likeness (QED) is 0.645. The Bertz CT molecular complexity index is 557. The molecule has 1 N–H and O–H groups in total. The molecule has 0 aliphatic heterocycles. The molecule has 1 heterocycles. The molecule has 0 bridgehead atoms. The van der Waals surface area contributed by atoms with Crippen LogP contribution in [0.4, 0.5) is 29.1 Å². The van der Waals surface area contributed by atoms with Crippen molar-refractivity contribution in [2.75, 3.05) is 5.32 Å². The average Bonchev–Trinajstić information content (AvgIpc) is 2.26. The summed E-state index contributed by atoms with van der Waals surface area (Å²) < 4.78 is 51.4. The number of nitrogens with zero attached hydrogens (tertiary/aromatic N) is 1. The van der Waals surface area contributed by atoms with Gasteiger partial charge in [-0.05, 0) is 18.2 Å². The second-order valence-electron chi connectivity index (χ2n) is 3.23. The summed E-state index contributed by atoms with van der Waals surface area (Å²) in [7, 11) is 0. The fourth-order valence-electron chi connectivity index (χ4n) is 1.23. The summed E-state index contributed by atoms with van der Waals surface area (Å²) in [6.07, 6.45) is 0. The second-order valence-corrected chi connectivity index (χ2v) is 3.23. The molecule has 17 heavy (non-hydrogen) atoms. The highest BCUT2D eigenvalue weighted by atomic mass is 19.2. The Morgan fingerprint density at radius 1 is 0.941 bits per heavy atom. The minimum Gasteiger partial charge on any atom is -0.338 e. The summed E-state index contributed by atoms with van der Waals surface area (Å²) in [6, 6.07) is 5.45. The maximum atomic E-state index is 13.2. The van der Waals surface area contributed by atoms with Crippen LogP contribution in [0.25, 0.3) is 0 Å². The summed E-state index contributed by atoms with van der Waals surface area (Å²) in [4.78, 5) is 3.05. The summed E-state index contributed by atoms with van der Waals surface area (Å²) in [5.74, 6) is -4.92. The molecule has 0 fully saturated rings. The van der Waals surface area contributed by atoms with Crippen molar-refractivity contribution in [1.29, 1.82) is 0 Å². The number of anilines is 2. The second kappa shape index (κ2) is 4.40. The highest BCUT2D eigenvalue weighted by Gasteiger charge is 2.11. The van der Waals surface area contributed by atoms with Crippen molar-refractivity contribution in [3.05, 3.63) is 53.7 Å². The molecule has 2 rings (SSSR count). The van der Waals surface area contributed by atoms with Crippen LogP contribution >= 0.6 is 0 Å². The van der Waals surface area contributed by atoms with Crippen LogP contribution in [0, 0.1) is 23.4 Å². The summed E-state index contributed by atoms with van der Waals surface area (Å²) in [5.41, 5.74) is 0.183. The first-order valence-corrected chi connectivity index (χ1v) is 4.60. The first-order valence-electron chi connectivity index (χ1n) is 4.60. The summed E-state index contributed by atoms with van der Waals surface area (Å²) >= 11 is 0. The fourth-order valence-corrected chi connectivity index (χ4v) is 1.23. The summed E-state index contributed by atoms with van der Waals surface area (Å²) in [5, 5.41) is 2.35. The number of pyridine rings is 1. The highest BCUT2D eigenvalue weighted by molar-refractivity contribution is 5.56. The van der Waals surface area contributed by atoms with Crippen molar-refractivity contribution in [1.82, 2.24) is 4.98 Å².